The summed E-state index contributed by atoms with van der Waals surface area (Å²) in [5.41, 5.74) is 2.95. The Labute approximate surface area is 112 Å². The van der Waals surface area contributed by atoms with E-state index < -0.39 is 0 Å². The molecule has 0 saturated carbocycles. The van der Waals surface area contributed by atoms with E-state index in [-0.39, 0.29) is 5.75 Å². The molecule has 0 radical (unpaired) electrons. The Morgan fingerprint density at radius 1 is 1.00 bits per heavy atom. The van der Waals surface area contributed by atoms with Crippen molar-refractivity contribution in [2.45, 2.75) is 13.3 Å². The number of fused-ring (bicyclic) bond motifs is 1. The zero-order valence-corrected chi connectivity index (χ0v) is 10.8. The molecule has 0 aliphatic heterocycles. The topological polar surface area (TPSA) is 33.1 Å². The van der Waals surface area contributed by atoms with Crippen molar-refractivity contribution in [1.82, 2.24) is 4.98 Å². The van der Waals surface area contributed by atoms with Gasteiger partial charge in [-0.2, -0.15) is 0 Å². The number of phenols is 1. The van der Waals surface area contributed by atoms with E-state index in [1.807, 2.05) is 24.3 Å². The van der Waals surface area contributed by atoms with Crippen LogP contribution in [-0.4, -0.2) is 10.1 Å². The SMILES string of the molecule is CCc1nc(-c2cccc(O)c2)cc2ccccc12. The van der Waals surface area contributed by atoms with Gasteiger partial charge in [-0.05, 0) is 30.0 Å². The first-order chi connectivity index (χ1) is 9.28. The van der Waals surface area contributed by atoms with Crippen LogP contribution >= 0.6 is 0 Å². The number of nitrogens with zero attached hydrogens (tertiary/aromatic N) is 1. The minimum absolute atomic E-state index is 0.269. The summed E-state index contributed by atoms with van der Waals surface area (Å²) in [5.74, 6) is 0.269. The maximum atomic E-state index is 9.59. The van der Waals surface area contributed by atoms with E-state index in [4.69, 9.17) is 4.98 Å². The van der Waals surface area contributed by atoms with Crippen LogP contribution in [0.3, 0.4) is 0 Å². The lowest BCUT2D eigenvalue weighted by Crippen LogP contribution is -1.93. The van der Waals surface area contributed by atoms with Gasteiger partial charge < -0.3 is 5.11 Å². The highest BCUT2D eigenvalue weighted by Gasteiger charge is 2.06. The van der Waals surface area contributed by atoms with Crippen molar-refractivity contribution in [2.24, 2.45) is 0 Å². The van der Waals surface area contributed by atoms with Gasteiger partial charge in [0.25, 0.3) is 0 Å². The number of phenolic OH excluding ortho intramolecular Hbond substituents is 1. The molecule has 0 aliphatic carbocycles. The van der Waals surface area contributed by atoms with Crippen molar-refractivity contribution < 1.29 is 5.11 Å². The summed E-state index contributed by atoms with van der Waals surface area (Å²) in [6.07, 6.45) is 0.896. The molecule has 3 aromatic rings. The fourth-order valence-electron chi connectivity index (χ4n) is 2.35. The lowest BCUT2D eigenvalue weighted by atomic mass is 10.0. The predicted molar refractivity (Wildman–Crippen MR) is 78.2 cm³/mol. The number of aromatic hydroxyl groups is 1. The van der Waals surface area contributed by atoms with Gasteiger partial charge >= 0.3 is 0 Å². The first-order valence-electron chi connectivity index (χ1n) is 6.46. The zero-order valence-electron chi connectivity index (χ0n) is 10.8. The highest BCUT2D eigenvalue weighted by atomic mass is 16.3. The van der Waals surface area contributed by atoms with Crippen molar-refractivity contribution in [3.63, 3.8) is 0 Å². The number of benzene rings is 2. The van der Waals surface area contributed by atoms with Gasteiger partial charge in [-0.25, -0.2) is 0 Å². The van der Waals surface area contributed by atoms with Crippen LogP contribution in [-0.2, 0) is 6.42 Å². The van der Waals surface area contributed by atoms with E-state index >= 15 is 0 Å². The molecule has 2 nitrogen and oxygen atoms in total. The van der Waals surface area contributed by atoms with Crippen LogP contribution in [0.15, 0.2) is 54.6 Å². The molecule has 0 unspecified atom stereocenters. The Morgan fingerprint density at radius 3 is 2.63 bits per heavy atom. The van der Waals surface area contributed by atoms with Crippen LogP contribution in [0.1, 0.15) is 12.6 Å². The number of pyridine rings is 1. The van der Waals surface area contributed by atoms with E-state index in [1.165, 1.54) is 10.8 Å². The molecule has 1 aromatic heterocycles. The summed E-state index contributed by atoms with van der Waals surface area (Å²) in [5, 5.41) is 12.0. The minimum atomic E-state index is 0.269. The van der Waals surface area contributed by atoms with E-state index in [2.05, 4.69) is 25.1 Å². The minimum Gasteiger partial charge on any atom is -0.508 e. The Hall–Kier alpha value is -2.35. The summed E-state index contributed by atoms with van der Waals surface area (Å²) in [7, 11) is 0. The second-order valence-corrected chi connectivity index (χ2v) is 4.58. The molecule has 0 spiro atoms. The van der Waals surface area contributed by atoms with Gasteiger partial charge in [0.15, 0.2) is 0 Å². The van der Waals surface area contributed by atoms with Gasteiger partial charge in [-0.1, -0.05) is 43.3 Å². The molecule has 0 fully saturated rings. The lowest BCUT2D eigenvalue weighted by Gasteiger charge is -2.08. The highest BCUT2D eigenvalue weighted by molar-refractivity contribution is 5.88. The van der Waals surface area contributed by atoms with Gasteiger partial charge in [0, 0.05) is 16.6 Å². The molecule has 2 heteroatoms. The molecule has 3 rings (SSSR count). The molecule has 94 valence electrons. The van der Waals surface area contributed by atoms with Crippen molar-refractivity contribution in [1.29, 1.82) is 0 Å². The van der Waals surface area contributed by atoms with Crippen molar-refractivity contribution >= 4 is 10.8 Å². The monoisotopic (exact) mass is 249 g/mol. The Bertz CT molecular complexity index is 734. The molecule has 0 amide bonds. The van der Waals surface area contributed by atoms with Crippen molar-refractivity contribution in [2.75, 3.05) is 0 Å². The van der Waals surface area contributed by atoms with Crippen LogP contribution in [0.2, 0.25) is 0 Å². The summed E-state index contributed by atoms with van der Waals surface area (Å²) < 4.78 is 0. The number of aromatic nitrogens is 1. The molecule has 2 aromatic carbocycles. The molecular weight excluding hydrogens is 234 g/mol. The van der Waals surface area contributed by atoms with Gasteiger partial charge in [-0.3, -0.25) is 4.98 Å². The summed E-state index contributed by atoms with van der Waals surface area (Å²) in [6.45, 7) is 2.11. The quantitative estimate of drug-likeness (QED) is 0.739. The first kappa shape index (κ1) is 11.7. The third-order valence-electron chi connectivity index (χ3n) is 3.30. The van der Waals surface area contributed by atoms with E-state index in [9.17, 15) is 5.11 Å². The average molecular weight is 249 g/mol. The number of hydrogen-bond donors (Lipinski definition) is 1. The van der Waals surface area contributed by atoms with Crippen LogP contribution < -0.4 is 0 Å². The second kappa shape index (κ2) is 4.73. The Morgan fingerprint density at radius 2 is 1.84 bits per heavy atom. The molecule has 19 heavy (non-hydrogen) atoms. The predicted octanol–water partition coefficient (Wildman–Crippen LogP) is 4.17. The van der Waals surface area contributed by atoms with Crippen molar-refractivity contribution in [3.8, 4) is 17.0 Å². The average Bonchev–Trinajstić information content (AvgIpc) is 2.46. The van der Waals surface area contributed by atoms with Crippen LogP contribution in [0.25, 0.3) is 22.0 Å². The summed E-state index contributed by atoms with van der Waals surface area (Å²) in [6, 6.07) is 17.6. The second-order valence-electron chi connectivity index (χ2n) is 4.58. The molecular formula is C17H15NO. The van der Waals surface area contributed by atoms with E-state index in [0.29, 0.717) is 0 Å². The number of rotatable bonds is 2. The molecule has 0 saturated heterocycles. The van der Waals surface area contributed by atoms with Gasteiger partial charge in [0.1, 0.15) is 5.75 Å². The molecule has 0 bridgehead atoms. The standard InChI is InChI=1S/C17H15NO/c1-2-16-15-9-4-3-6-12(15)11-17(18-16)13-7-5-8-14(19)10-13/h3-11,19H,2H2,1H3. The maximum absolute atomic E-state index is 9.59. The fraction of sp³-hybridized carbons (Fsp3) is 0.118. The normalized spacial score (nSPS) is 10.8. The number of aryl methyl sites for hydroxylation is 1. The third-order valence-corrected chi connectivity index (χ3v) is 3.30. The summed E-state index contributed by atoms with van der Waals surface area (Å²) in [4.78, 5) is 4.72. The Balaban J connectivity index is 2.25. The third kappa shape index (κ3) is 2.17. The van der Waals surface area contributed by atoms with Crippen LogP contribution in [0.5, 0.6) is 5.75 Å². The van der Waals surface area contributed by atoms with Gasteiger partial charge in [0.05, 0.1) is 5.69 Å². The molecule has 0 aliphatic rings. The first-order valence-corrected chi connectivity index (χ1v) is 6.46. The van der Waals surface area contributed by atoms with Crippen molar-refractivity contribution in [3.05, 3.63) is 60.3 Å². The molecule has 0 atom stereocenters. The maximum Gasteiger partial charge on any atom is 0.116 e. The smallest absolute Gasteiger partial charge is 0.116 e. The summed E-state index contributed by atoms with van der Waals surface area (Å²) >= 11 is 0. The van der Waals surface area contributed by atoms with Gasteiger partial charge in [0.2, 0.25) is 0 Å². The van der Waals surface area contributed by atoms with E-state index in [0.717, 1.165) is 23.4 Å². The van der Waals surface area contributed by atoms with Crippen LogP contribution in [0.4, 0.5) is 0 Å². The lowest BCUT2D eigenvalue weighted by molar-refractivity contribution is 0.475. The van der Waals surface area contributed by atoms with Gasteiger partial charge in [-0.15, -0.1) is 0 Å². The Kier molecular flexibility index (Phi) is 2.92. The number of hydrogen-bond acceptors (Lipinski definition) is 2. The largest absolute Gasteiger partial charge is 0.508 e. The zero-order chi connectivity index (χ0) is 13.2. The molecule has 1 heterocycles. The van der Waals surface area contributed by atoms with E-state index in [1.54, 1.807) is 12.1 Å². The fourth-order valence-corrected chi connectivity index (χ4v) is 2.35. The highest BCUT2D eigenvalue weighted by Crippen LogP contribution is 2.26. The molecule has 1 N–H and O–H groups in total. The van der Waals surface area contributed by atoms with Crippen LogP contribution in [0, 0.1) is 0 Å².